The highest BCUT2D eigenvalue weighted by Crippen LogP contribution is 2.42. The zero-order valence-electron chi connectivity index (χ0n) is 12.0. The number of benzene rings is 2. The Bertz CT molecular complexity index is 727. The molecule has 21 heavy (non-hydrogen) atoms. The van der Waals surface area contributed by atoms with Crippen LogP contribution in [-0.4, -0.2) is 4.98 Å². The largest absolute Gasteiger partial charge is 0.306 e. The summed E-state index contributed by atoms with van der Waals surface area (Å²) in [6.45, 7) is 4.06. The SMILES string of the molecule is Cc1ccc(P(=O)(c2ccc(C)cc2)c2nccs2)cc1. The van der Waals surface area contributed by atoms with E-state index in [1.165, 1.54) is 11.3 Å². The molecule has 0 bridgehead atoms. The van der Waals surface area contributed by atoms with E-state index in [2.05, 4.69) is 4.98 Å². The zero-order chi connectivity index (χ0) is 14.9. The van der Waals surface area contributed by atoms with Crippen LogP contribution in [0.5, 0.6) is 0 Å². The second-order valence-electron chi connectivity index (χ2n) is 5.10. The number of thiazole rings is 1. The van der Waals surface area contributed by atoms with Crippen molar-refractivity contribution in [1.82, 2.24) is 4.98 Å². The van der Waals surface area contributed by atoms with Crippen LogP contribution in [0.3, 0.4) is 0 Å². The van der Waals surface area contributed by atoms with Gasteiger partial charge in [-0.15, -0.1) is 11.3 Å². The summed E-state index contributed by atoms with van der Waals surface area (Å²) in [6.07, 6.45) is 1.72. The van der Waals surface area contributed by atoms with Crippen LogP contribution >= 0.6 is 18.5 Å². The fourth-order valence-corrected chi connectivity index (χ4v) is 6.13. The summed E-state index contributed by atoms with van der Waals surface area (Å²) in [5.41, 5.74) is 2.32. The molecule has 1 heterocycles. The Morgan fingerprint density at radius 2 is 1.33 bits per heavy atom. The van der Waals surface area contributed by atoms with Crippen LogP contribution in [-0.2, 0) is 4.57 Å². The minimum Gasteiger partial charge on any atom is -0.306 e. The van der Waals surface area contributed by atoms with E-state index in [9.17, 15) is 4.57 Å². The van der Waals surface area contributed by atoms with E-state index in [4.69, 9.17) is 0 Å². The quantitative estimate of drug-likeness (QED) is 0.694. The van der Waals surface area contributed by atoms with Crippen LogP contribution < -0.4 is 15.4 Å². The summed E-state index contributed by atoms with van der Waals surface area (Å²) in [4.78, 5) is 4.34. The molecule has 0 aliphatic rings. The normalized spacial score (nSPS) is 11.5. The van der Waals surface area contributed by atoms with E-state index in [0.717, 1.165) is 21.7 Å². The summed E-state index contributed by atoms with van der Waals surface area (Å²) in [5.74, 6) is 0. The van der Waals surface area contributed by atoms with Crippen molar-refractivity contribution in [3.05, 3.63) is 71.2 Å². The molecule has 1 aromatic heterocycles. The molecule has 0 N–H and O–H groups in total. The van der Waals surface area contributed by atoms with E-state index < -0.39 is 7.14 Å². The van der Waals surface area contributed by atoms with Gasteiger partial charge in [-0.3, -0.25) is 0 Å². The Morgan fingerprint density at radius 3 is 1.71 bits per heavy atom. The summed E-state index contributed by atoms with van der Waals surface area (Å²) < 4.78 is 14.5. The number of rotatable bonds is 3. The third-order valence-corrected chi connectivity index (χ3v) is 7.85. The first-order chi connectivity index (χ1) is 10.1. The van der Waals surface area contributed by atoms with Gasteiger partial charge in [0, 0.05) is 22.2 Å². The predicted octanol–water partition coefficient (Wildman–Crippen LogP) is 3.40. The number of hydrogen-bond acceptors (Lipinski definition) is 3. The van der Waals surface area contributed by atoms with Crippen molar-refractivity contribution in [2.24, 2.45) is 0 Å². The summed E-state index contributed by atoms with van der Waals surface area (Å²) >= 11 is 1.45. The van der Waals surface area contributed by atoms with Crippen molar-refractivity contribution in [2.75, 3.05) is 0 Å². The van der Waals surface area contributed by atoms with Gasteiger partial charge in [-0.25, -0.2) is 4.98 Å². The lowest BCUT2D eigenvalue weighted by atomic mass is 10.2. The highest BCUT2D eigenvalue weighted by atomic mass is 32.1. The van der Waals surface area contributed by atoms with E-state index in [0.29, 0.717) is 4.75 Å². The number of aryl methyl sites for hydroxylation is 2. The summed E-state index contributed by atoms with van der Waals surface area (Å²) in [5, 5.41) is 3.56. The first-order valence-electron chi connectivity index (χ1n) is 6.75. The number of nitrogens with zero attached hydrogens (tertiary/aromatic N) is 1. The van der Waals surface area contributed by atoms with Gasteiger partial charge in [0.25, 0.3) is 0 Å². The number of aromatic nitrogens is 1. The molecule has 2 nitrogen and oxygen atoms in total. The Balaban J connectivity index is 2.23. The zero-order valence-corrected chi connectivity index (χ0v) is 13.7. The first-order valence-corrected chi connectivity index (χ1v) is 9.34. The van der Waals surface area contributed by atoms with E-state index >= 15 is 0 Å². The second kappa shape index (κ2) is 5.59. The van der Waals surface area contributed by atoms with E-state index in [1.54, 1.807) is 6.20 Å². The van der Waals surface area contributed by atoms with Crippen LogP contribution in [0, 0.1) is 13.8 Å². The molecule has 0 aliphatic heterocycles. The van der Waals surface area contributed by atoms with Gasteiger partial charge >= 0.3 is 0 Å². The highest BCUT2D eigenvalue weighted by molar-refractivity contribution is 7.88. The molecule has 4 heteroatoms. The molecule has 0 unspecified atom stereocenters. The predicted molar refractivity (Wildman–Crippen MR) is 91.0 cm³/mol. The molecular formula is C17H16NOPS. The lowest BCUT2D eigenvalue weighted by Gasteiger charge is -2.17. The Labute approximate surface area is 128 Å². The van der Waals surface area contributed by atoms with Crippen LogP contribution in [0.15, 0.2) is 60.1 Å². The molecule has 0 aliphatic carbocycles. The van der Waals surface area contributed by atoms with Gasteiger partial charge in [-0.05, 0) is 13.8 Å². The van der Waals surface area contributed by atoms with Crippen LogP contribution in [0.25, 0.3) is 0 Å². The topological polar surface area (TPSA) is 30.0 Å². The van der Waals surface area contributed by atoms with Crippen molar-refractivity contribution in [1.29, 1.82) is 0 Å². The lowest BCUT2D eigenvalue weighted by Crippen LogP contribution is -2.24. The van der Waals surface area contributed by atoms with Crippen molar-refractivity contribution in [3.63, 3.8) is 0 Å². The van der Waals surface area contributed by atoms with Crippen LogP contribution in [0.1, 0.15) is 11.1 Å². The minimum atomic E-state index is -2.86. The molecule has 3 rings (SSSR count). The van der Waals surface area contributed by atoms with E-state index in [-0.39, 0.29) is 0 Å². The molecule has 0 radical (unpaired) electrons. The van der Waals surface area contributed by atoms with Gasteiger partial charge < -0.3 is 4.57 Å². The maximum Gasteiger partial charge on any atom is 0.198 e. The fourth-order valence-electron chi connectivity index (χ4n) is 2.25. The molecule has 0 saturated carbocycles. The molecule has 3 aromatic rings. The Morgan fingerprint density at radius 1 is 0.857 bits per heavy atom. The van der Waals surface area contributed by atoms with Crippen molar-refractivity contribution in [2.45, 2.75) is 13.8 Å². The van der Waals surface area contributed by atoms with Gasteiger partial charge in [0.15, 0.2) is 11.9 Å². The van der Waals surface area contributed by atoms with Gasteiger partial charge in [-0.1, -0.05) is 59.7 Å². The van der Waals surface area contributed by atoms with Gasteiger partial charge in [-0.2, -0.15) is 0 Å². The van der Waals surface area contributed by atoms with Gasteiger partial charge in [0.1, 0.15) is 0 Å². The smallest absolute Gasteiger partial charge is 0.198 e. The Kier molecular flexibility index (Phi) is 3.79. The minimum absolute atomic E-state index is 0.690. The monoisotopic (exact) mass is 313 g/mol. The molecule has 0 saturated heterocycles. The standard InChI is InChI=1S/C17H16NOPS/c1-13-3-7-15(8-4-13)20(19,17-18-11-12-21-17)16-9-5-14(2)6-10-16/h3-12H,1-2H3. The average Bonchev–Trinajstić information content (AvgIpc) is 3.02. The second-order valence-corrected chi connectivity index (χ2v) is 8.97. The maximum absolute atomic E-state index is 13.8. The molecular weight excluding hydrogens is 297 g/mol. The van der Waals surface area contributed by atoms with E-state index in [1.807, 2.05) is 67.8 Å². The summed E-state index contributed by atoms with van der Waals surface area (Å²) in [7, 11) is -2.86. The Hall–Kier alpha value is -1.70. The molecule has 0 spiro atoms. The van der Waals surface area contributed by atoms with Crippen LogP contribution in [0.2, 0.25) is 0 Å². The molecule has 0 amide bonds. The van der Waals surface area contributed by atoms with Crippen molar-refractivity contribution < 1.29 is 4.57 Å². The summed E-state index contributed by atoms with van der Waals surface area (Å²) in [6, 6.07) is 15.8. The average molecular weight is 313 g/mol. The van der Waals surface area contributed by atoms with Crippen molar-refractivity contribution >= 4 is 33.8 Å². The fraction of sp³-hybridized carbons (Fsp3) is 0.118. The van der Waals surface area contributed by atoms with Crippen LogP contribution in [0.4, 0.5) is 0 Å². The third-order valence-electron chi connectivity index (χ3n) is 3.48. The third kappa shape index (κ3) is 2.59. The van der Waals surface area contributed by atoms with Gasteiger partial charge in [0.2, 0.25) is 0 Å². The lowest BCUT2D eigenvalue weighted by molar-refractivity contribution is 0.592. The van der Waals surface area contributed by atoms with Crippen molar-refractivity contribution in [3.8, 4) is 0 Å². The molecule has 106 valence electrons. The number of hydrogen-bond donors (Lipinski definition) is 0. The van der Waals surface area contributed by atoms with Gasteiger partial charge in [0.05, 0.1) is 0 Å². The maximum atomic E-state index is 13.8. The first kappa shape index (κ1) is 14.2. The highest BCUT2D eigenvalue weighted by Gasteiger charge is 2.32. The molecule has 2 aromatic carbocycles. The molecule has 0 fully saturated rings. The molecule has 0 atom stereocenters.